The maximum atomic E-state index is 2.59. The van der Waals surface area contributed by atoms with E-state index in [9.17, 15) is 0 Å². The first-order valence-electron chi connectivity index (χ1n) is 49.1. The molecule has 0 N–H and O–H groups in total. The van der Waals surface area contributed by atoms with Crippen LogP contribution in [0.1, 0.15) is 179 Å². The first-order chi connectivity index (χ1) is 64.7. The van der Waals surface area contributed by atoms with Gasteiger partial charge in [0.1, 0.15) is 107 Å². The minimum atomic E-state index is 0.180. The minimum absolute atomic E-state index is 0.180. The summed E-state index contributed by atoms with van der Waals surface area (Å²) >= 11 is 0. The van der Waals surface area contributed by atoms with Gasteiger partial charge in [0.15, 0.2) is 34.2 Å². The Bertz CT molecular complexity index is 9890. The lowest BCUT2D eigenvalue weighted by atomic mass is 9.77. The van der Waals surface area contributed by atoms with Crippen LogP contribution < -0.4 is 26.4 Å². The lowest BCUT2D eigenvalue weighted by Gasteiger charge is -2.28. The molecule has 0 radical (unpaired) electrons. The van der Waals surface area contributed by atoms with Crippen molar-refractivity contribution in [3.8, 4) is 0 Å². The lowest BCUT2D eigenvalue weighted by Crippen LogP contribution is -2.41. The molecule has 642 valence electrons. The molecule has 133 heavy (non-hydrogen) atoms. The van der Waals surface area contributed by atoms with Gasteiger partial charge in [-0.2, -0.15) is 26.4 Å². The van der Waals surface area contributed by atoms with Crippen LogP contribution in [0.15, 0.2) is 200 Å². The maximum Gasteiger partial charge on any atom is 0.295 e. The van der Waals surface area contributed by atoms with E-state index in [0.717, 1.165) is 52.1 Å². The van der Waals surface area contributed by atoms with Gasteiger partial charge in [-0.3, -0.25) is 0 Å². The quantitative estimate of drug-likeness (QED) is 0.107. The van der Waals surface area contributed by atoms with Crippen molar-refractivity contribution in [3.05, 3.63) is 352 Å². The van der Waals surface area contributed by atoms with Gasteiger partial charge in [-0.25, -0.2) is 27.4 Å². The third-order valence-electron chi connectivity index (χ3n) is 35.2. The fraction of sp³-hybridized carbons (Fsp3) is 0.256. The molecule has 12 aliphatic heterocycles. The largest absolute Gasteiger partial charge is 0.295 e. The van der Waals surface area contributed by atoms with E-state index in [2.05, 4.69) is 344 Å². The third-order valence-corrected chi connectivity index (χ3v) is 35.2. The molecule has 0 saturated carbocycles. The zero-order valence-corrected chi connectivity index (χ0v) is 78.2. The summed E-state index contributed by atoms with van der Waals surface area (Å²) in [5.74, 6) is 0. The number of aryl methyl sites for hydroxylation is 11. The molecule has 0 spiro atoms. The number of pyridine rings is 6. The Balaban J connectivity index is 0.0000000749. The molecule has 36 rings (SSSR count). The molecule has 0 unspecified atom stereocenters. The highest BCUT2D eigenvalue weighted by Crippen LogP contribution is 2.50. The van der Waals surface area contributed by atoms with E-state index in [-0.39, 0.29) is 10.8 Å². The summed E-state index contributed by atoms with van der Waals surface area (Å²) in [7, 11) is 0. The monoisotopic (exact) mass is 1720 g/mol. The minimum Gasteiger partial charge on any atom is -0.222 e. The smallest absolute Gasteiger partial charge is 0.222 e. The van der Waals surface area contributed by atoms with Crippen LogP contribution in [-0.2, 0) is 114 Å². The summed E-state index contributed by atoms with van der Waals surface area (Å²) in [5.41, 5.74) is 57.4. The molecule has 12 heteroatoms. The summed E-state index contributed by atoms with van der Waals surface area (Å²) in [6.45, 7) is 36.3. The van der Waals surface area contributed by atoms with Crippen molar-refractivity contribution in [1.82, 2.24) is 27.4 Å². The highest BCUT2D eigenvalue weighted by Gasteiger charge is 2.48. The normalized spacial score (nSPS) is 15.9. The lowest BCUT2D eigenvalue weighted by molar-refractivity contribution is -0.498. The Labute approximate surface area is 768 Å². The number of imidazole rings is 6. The van der Waals surface area contributed by atoms with Crippen molar-refractivity contribution in [1.29, 1.82) is 0 Å². The van der Waals surface area contributed by atoms with E-state index in [1.54, 1.807) is 0 Å². The van der Waals surface area contributed by atoms with Gasteiger partial charge in [0.05, 0.1) is 32.3 Å². The molecule has 12 aliphatic rings. The van der Waals surface area contributed by atoms with Gasteiger partial charge in [0.2, 0.25) is 0 Å². The molecule has 0 atom stereocenters. The van der Waals surface area contributed by atoms with Gasteiger partial charge in [0, 0.05) is 216 Å². The van der Waals surface area contributed by atoms with Crippen molar-refractivity contribution in [2.75, 3.05) is 0 Å². The van der Waals surface area contributed by atoms with Crippen LogP contribution in [0.5, 0.6) is 0 Å². The Hall–Kier alpha value is -14.1. The molecule has 0 fully saturated rings. The topological polar surface area (TPSA) is 54.2 Å². The van der Waals surface area contributed by atoms with E-state index in [4.69, 9.17) is 0 Å². The van der Waals surface area contributed by atoms with E-state index < -0.39 is 0 Å². The average Bonchev–Trinajstić information content (AvgIpc) is 1.55. The van der Waals surface area contributed by atoms with Crippen LogP contribution in [0.4, 0.5) is 0 Å². The predicted octanol–water partition coefficient (Wildman–Crippen LogP) is 22.2. The molecule has 24 heterocycles. The fourth-order valence-corrected chi connectivity index (χ4v) is 29.6. The van der Waals surface area contributed by atoms with Crippen LogP contribution >= 0.6 is 0 Å². The second-order valence-electron chi connectivity index (χ2n) is 42.9. The highest BCUT2D eigenvalue weighted by molar-refractivity contribution is 6.18. The number of aromatic nitrogens is 12. The number of hydrogen-bond acceptors (Lipinski definition) is 0. The molecule has 0 amide bonds. The van der Waals surface area contributed by atoms with Crippen molar-refractivity contribution in [2.24, 2.45) is 0 Å². The zero-order chi connectivity index (χ0) is 88.5. The first kappa shape index (κ1) is 74.5. The summed E-state index contributed by atoms with van der Waals surface area (Å²) in [5, 5.41) is 26.0. The van der Waals surface area contributed by atoms with Crippen LogP contribution in [0.2, 0.25) is 0 Å². The second kappa shape index (κ2) is 25.0. The van der Waals surface area contributed by atoms with Crippen molar-refractivity contribution in [3.63, 3.8) is 0 Å². The number of fused-ring (bicyclic) bond motifs is 6. The fourth-order valence-electron chi connectivity index (χ4n) is 29.6. The van der Waals surface area contributed by atoms with Crippen molar-refractivity contribution in [2.45, 2.75) is 204 Å². The standard InChI is InChI=1S/2C21H19N2.3C20H17N2.C19H15N2/c1-12-19-21(2,3)10-13-6-4-9-16-15-8-5-7-14-11-22(12)20(17(14)15)23(19)18(13)16;1-12-17-10-21(2,3)16-9-5-8-15-14-7-4-6-13-11-22(12)20(18(13)14)23(17)19(15)16;1-11-8-14-10-21-12(2)17-7-6-13-4-3-5-15-16(9-11)18(14)20(21)22(17)19(13)15;1-11-6-7-13-8-9-16-12(2)21-10-14-4-3-5-15-17(11)19(13)22(16)20(21)18(14)15;1-11-6-7-14-10-21-12(2)16-9-8-13-4-3-5-15-17(11)18(14)20(21)22(16)19(13)15;1-11-16-9-8-12-4-2-7-15-14-6-3-5-13-10-20(11)19(17(13)14)21(16)18(12)15/h2*4-9H,10-11H2,1-3H3;3-5,8-9H,6-7,10H2,1-2H3;2*3-7H,8-10H2,1-2H3;2-7H,8-10H2,1H3/q6*+1. The zero-order valence-electron chi connectivity index (χ0n) is 78.2. The van der Waals surface area contributed by atoms with E-state index >= 15 is 0 Å². The van der Waals surface area contributed by atoms with Gasteiger partial charge < -0.3 is 0 Å². The van der Waals surface area contributed by atoms with E-state index in [1.165, 1.54) is 367 Å². The van der Waals surface area contributed by atoms with Gasteiger partial charge >= 0.3 is 0 Å². The molecule has 12 aromatic carbocycles. The van der Waals surface area contributed by atoms with Gasteiger partial charge in [-0.15, -0.1) is 0 Å². The molecule has 12 nitrogen and oxygen atoms in total. The number of hydrogen-bond donors (Lipinski definition) is 0. The Kier molecular flexibility index (Phi) is 14.0. The first-order valence-corrected chi connectivity index (χ1v) is 49.1. The van der Waals surface area contributed by atoms with Gasteiger partial charge in [-0.1, -0.05) is 233 Å². The predicted molar refractivity (Wildman–Crippen MR) is 536 cm³/mol. The Morgan fingerprint density at radius 1 is 0.218 bits per heavy atom. The third kappa shape index (κ3) is 8.98. The van der Waals surface area contributed by atoms with Gasteiger partial charge in [-0.05, 0) is 64.0 Å². The number of rotatable bonds is 0. The molecule has 0 bridgehead atoms. The SMILES string of the molecule is Cc1c2[n+]3c4c(cccc4c4cccc5c4c3n1C5)C(C)(C)C2.Cc1c2[n+]3c4c(cccc4c4cccc5c4c3n1C5)CC2.Cc1c2[n+]3c4c(cccc4c4cccc5c4c3n1C5)CC2(C)C.Cc1cc2c3c(c1)c1cccc4c1[n+]1c(c(C)n(c31)C2)CC4.Cc1ccc2c3c1c1cccc4c1[n+]1c(c(C)n(c31)C2)CC4.Cc1ccc2c3c1c1cccc4c1c1n(c(C)c([n+]31)CC2)C4. The number of nitrogens with zero attached hydrogens (tertiary/aromatic N) is 12. The molecule has 24 aromatic rings. The Morgan fingerprint density at radius 2 is 0.541 bits per heavy atom. The van der Waals surface area contributed by atoms with E-state index in [1.807, 2.05) is 0 Å². The van der Waals surface area contributed by atoms with E-state index in [0.29, 0.717) is 0 Å². The van der Waals surface area contributed by atoms with Crippen LogP contribution in [0, 0.1) is 62.3 Å². The van der Waals surface area contributed by atoms with Crippen LogP contribution in [-0.4, -0.2) is 27.4 Å². The molecular formula is C121H104N12+6. The van der Waals surface area contributed by atoms with Crippen LogP contribution in [0.25, 0.3) is 164 Å². The number of para-hydroxylation sites is 5. The molecule has 0 aliphatic carbocycles. The van der Waals surface area contributed by atoms with Crippen molar-refractivity contribution < 1.29 is 26.4 Å². The summed E-state index contributed by atoms with van der Waals surface area (Å²) in [4.78, 5) is 0. The molecule has 12 aromatic heterocycles. The van der Waals surface area contributed by atoms with Crippen molar-refractivity contribution >= 4 is 164 Å². The second-order valence-corrected chi connectivity index (χ2v) is 42.9. The Morgan fingerprint density at radius 3 is 1.04 bits per heavy atom. The molecule has 0 saturated heterocycles. The average molecular weight is 1730 g/mol. The van der Waals surface area contributed by atoms with Crippen LogP contribution in [0.3, 0.4) is 0 Å². The maximum absolute atomic E-state index is 2.59. The van der Waals surface area contributed by atoms with Gasteiger partial charge in [0.25, 0.3) is 33.9 Å². The molecular weight excluding hydrogens is 1620 g/mol. The number of benzene rings is 12. The summed E-state index contributed by atoms with van der Waals surface area (Å²) in [6.07, 6.45) is 11.6. The highest BCUT2D eigenvalue weighted by atomic mass is 15.2. The summed E-state index contributed by atoms with van der Waals surface area (Å²) in [6, 6.07) is 75.6. The summed E-state index contributed by atoms with van der Waals surface area (Å²) < 4.78 is 30.6.